The predicted octanol–water partition coefficient (Wildman–Crippen LogP) is 4.37. The molecule has 0 spiro atoms. The van der Waals surface area contributed by atoms with Crippen LogP contribution in [0, 0.1) is 0 Å². The van der Waals surface area contributed by atoms with E-state index in [1.807, 2.05) is 6.92 Å². The first-order valence-electron chi connectivity index (χ1n) is 4.09. The fraction of sp³-hybridized carbons (Fsp3) is 1.00. The van der Waals surface area contributed by atoms with Crippen molar-refractivity contribution < 1.29 is 8.39 Å². The summed E-state index contributed by atoms with van der Waals surface area (Å²) in [6.07, 6.45) is 1.66. The molecule has 0 aromatic rings. The van der Waals surface area contributed by atoms with Gasteiger partial charge >= 0.3 is 7.88 Å². The molecular weight excluding hydrogens is 165 g/mol. The van der Waals surface area contributed by atoms with Gasteiger partial charge in [0.25, 0.3) is 0 Å². The van der Waals surface area contributed by atoms with Gasteiger partial charge in [-0.15, -0.1) is 0 Å². The lowest BCUT2D eigenvalue weighted by atomic mass is 10.3. The minimum absolute atomic E-state index is 0.132. The van der Waals surface area contributed by atoms with E-state index in [1.54, 1.807) is 20.8 Å². The van der Waals surface area contributed by atoms with Crippen LogP contribution in [0.3, 0.4) is 0 Å². The smallest absolute Gasteiger partial charge is 0.0652 e. The highest BCUT2D eigenvalue weighted by Crippen LogP contribution is 2.72. The van der Waals surface area contributed by atoms with Gasteiger partial charge in [-0.1, -0.05) is 13.3 Å². The van der Waals surface area contributed by atoms with Crippen LogP contribution >= 0.6 is 7.88 Å². The molecule has 0 aliphatic carbocycles. The second-order valence-corrected chi connectivity index (χ2v) is 6.93. The first-order chi connectivity index (χ1) is 4.81. The summed E-state index contributed by atoms with van der Waals surface area (Å²) in [4.78, 5) is 0. The Morgan fingerprint density at radius 2 is 1.64 bits per heavy atom. The molecule has 11 heavy (non-hydrogen) atoms. The largest absolute Gasteiger partial charge is 0.392 e. The molecule has 0 heterocycles. The van der Waals surface area contributed by atoms with Crippen LogP contribution in [0.2, 0.25) is 0 Å². The van der Waals surface area contributed by atoms with E-state index in [2.05, 4.69) is 0 Å². The Hall–Kier alpha value is 0.290. The second kappa shape index (κ2) is 3.80. The van der Waals surface area contributed by atoms with E-state index in [1.165, 1.54) is 0 Å². The maximum atomic E-state index is 13.2. The summed E-state index contributed by atoms with van der Waals surface area (Å²) in [5.41, 5.74) is 0. The second-order valence-electron chi connectivity index (χ2n) is 3.88. The molecule has 0 saturated carbocycles. The van der Waals surface area contributed by atoms with Gasteiger partial charge in [-0.3, -0.25) is 0 Å². The summed E-state index contributed by atoms with van der Waals surface area (Å²) in [5.74, 6) is 0. The highest BCUT2D eigenvalue weighted by Gasteiger charge is 2.53. The van der Waals surface area contributed by atoms with Gasteiger partial charge in [0.15, 0.2) is 0 Å². The van der Waals surface area contributed by atoms with Crippen LogP contribution < -0.4 is 0 Å². The summed E-state index contributed by atoms with van der Waals surface area (Å²) in [6.45, 7) is 6.85. The van der Waals surface area contributed by atoms with Crippen LogP contribution in [0.15, 0.2) is 0 Å². The van der Waals surface area contributed by atoms with Crippen molar-refractivity contribution in [2.24, 2.45) is 0 Å². The maximum absolute atomic E-state index is 13.2. The average Bonchev–Trinajstić information content (AvgIpc) is 1.81. The summed E-state index contributed by atoms with van der Waals surface area (Å²) < 4.78 is 26.5. The Morgan fingerprint density at radius 1 is 1.18 bits per heavy atom. The number of hydrogen-bond acceptors (Lipinski definition) is 0. The molecule has 0 bridgehead atoms. The van der Waals surface area contributed by atoms with E-state index < -0.39 is 13.0 Å². The van der Waals surface area contributed by atoms with Gasteiger partial charge in [0.2, 0.25) is 0 Å². The zero-order chi connectivity index (χ0) is 9.12. The van der Waals surface area contributed by atoms with Gasteiger partial charge in [0.05, 0.1) is 0 Å². The number of halogens is 2. The summed E-state index contributed by atoms with van der Waals surface area (Å²) >= 11 is 0. The standard InChI is InChI=1S/C8H18F2P/c1-5-6-7-11(9,10)8(2,3)4/h5-7H2,1-4H3/q+1. The molecule has 0 nitrogen and oxygen atoms in total. The third-order valence-corrected chi connectivity index (χ3v) is 4.61. The van der Waals surface area contributed by atoms with Gasteiger partial charge in [0, 0.05) is 0 Å². The molecule has 0 rings (SSSR count). The molecule has 0 aliphatic heterocycles. The van der Waals surface area contributed by atoms with Gasteiger partial charge in [-0.05, 0) is 35.6 Å². The number of rotatable bonds is 3. The molecule has 0 amide bonds. The van der Waals surface area contributed by atoms with Crippen molar-refractivity contribution >= 4 is 7.88 Å². The molecule has 0 fully saturated rings. The maximum Gasteiger partial charge on any atom is 0.392 e. The van der Waals surface area contributed by atoms with Crippen molar-refractivity contribution in [1.82, 2.24) is 0 Å². The minimum Gasteiger partial charge on any atom is -0.0652 e. The normalized spacial score (nSPS) is 13.6. The van der Waals surface area contributed by atoms with Crippen LogP contribution in [0.5, 0.6) is 0 Å². The molecular formula is C8H18F2P+. The molecule has 68 valence electrons. The third kappa shape index (κ3) is 3.46. The van der Waals surface area contributed by atoms with Crippen molar-refractivity contribution in [2.75, 3.05) is 6.16 Å². The van der Waals surface area contributed by atoms with E-state index in [0.717, 1.165) is 6.42 Å². The lowest BCUT2D eigenvalue weighted by Gasteiger charge is -2.19. The van der Waals surface area contributed by atoms with Crippen LogP contribution in [0.25, 0.3) is 0 Å². The lowest BCUT2D eigenvalue weighted by molar-refractivity contribution is 0.589. The van der Waals surface area contributed by atoms with Gasteiger partial charge in [-0.2, -0.15) is 0 Å². The van der Waals surface area contributed by atoms with Crippen LogP contribution in [-0.2, 0) is 0 Å². The van der Waals surface area contributed by atoms with Gasteiger partial charge in [-0.25, -0.2) is 0 Å². The van der Waals surface area contributed by atoms with Crippen LogP contribution in [0.4, 0.5) is 8.39 Å². The monoisotopic (exact) mass is 183 g/mol. The Balaban J connectivity index is 4.00. The molecule has 0 saturated heterocycles. The van der Waals surface area contributed by atoms with E-state index in [9.17, 15) is 8.39 Å². The summed E-state index contributed by atoms with van der Waals surface area (Å²) in [7, 11) is -3.64. The molecule has 0 atom stereocenters. The van der Waals surface area contributed by atoms with Gasteiger partial charge < -0.3 is 0 Å². The van der Waals surface area contributed by atoms with E-state index >= 15 is 0 Å². The van der Waals surface area contributed by atoms with Crippen molar-refractivity contribution in [3.63, 3.8) is 0 Å². The number of unbranched alkanes of at least 4 members (excludes halogenated alkanes) is 1. The third-order valence-electron chi connectivity index (χ3n) is 1.77. The quantitative estimate of drug-likeness (QED) is 0.570. The van der Waals surface area contributed by atoms with E-state index in [4.69, 9.17) is 0 Å². The first kappa shape index (κ1) is 11.3. The topological polar surface area (TPSA) is 0 Å². The zero-order valence-corrected chi connectivity index (χ0v) is 8.72. The summed E-state index contributed by atoms with van der Waals surface area (Å²) in [5, 5.41) is -0.776. The van der Waals surface area contributed by atoms with Crippen LogP contribution in [0.1, 0.15) is 40.5 Å². The lowest BCUT2D eigenvalue weighted by Crippen LogP contribution is -2.16. The minimum atomic E-state index is -3.64. The Morgan fingerprint density at radius 3 is 1.91 bits per heavy atom. The molecule has 0 N–H and O–H groups in total. The van der Waals surface area contributed by atoms with Crippen molar-refractivity contribution in [1.29, 1.82) is 0 Å². The highest BCUT2D eigenvalue weighted by atomic mass is 31.2. The molecule has 0 aromatic heterocycles. The van der Waals surface area contributed by atoms with Gasteiger partial charge in [0.1, 0.15) is 11.3 Å². The molecule has 0 aliphatic rings. The fourth-order valence-corrected chi connectivity index (χ4v) is 2.08. The molecule has 0 unspecified atom stereocenters. The Labute approximate surface area is 69.0 Å². The highest BCUT2D eigenvalue weighted by molar-refractivity contribution is 7.67. The van der Waals surface area contributed by atoms with E-state index in [-0.39, 0.29) is 6.16 Å². The predicted molar refractivity (Wildman–Crippen MR) is 48.7 cm³/mol. The zero-order valence-electron chi connectivity index (χ0n) is 7.82. The Bertz CT molecular complexity index is 116. The summed E-state index contributed by atoms with van der Waals surface area (Å²) in [6, 6.07) is 0. The van der Waals surface area contributed by atoms with Crippen molar-refractivity contribution in [3.05, 3.63) is 0 Å². The van der Waals surface area contributed by atoms with Crippen molar-refractivity contribution in [3.8, 4) is 0 Å². The first-order valence-corrected chi connectivity index (χ1v) is 5.84. The van der Waals surface area contributed by atoms with Crippen LogP contribution in [-0.4, -0.2) is 11.3 Å². The molecule has 0 aromatic carbocycles. The van der Waals surface area contributed by atoms with Crippen molar-refractivity contribution in [2.45, 2.75) is 45.7 Å². The SMILES string of the molecule is CCCC[P+](F)(F)C(C)(C)C. The van der Waals surface area contributed by atoms with E-state index in [0.29, 0.717) is 6.42 Å². The molecule has 0 radical (unpaired) electrons. The Kier molecular flexibility index (Phi) is 3.90. The fourth-order valence-electron chi connectivity index (χ4n) is 0.692. The number of hydrogen-bond donors (Lipinski definition) is 0. The average molecular weight is 183 g/mol. The molecule has 3 heteroatoms.